The van der Waals surface area contributed by atoms with Crippen LogP contribution in [0, 0.1) is 5.92 Å². The average molecular weight is 189 g/mol. The number of nitrogens with one attached hydrogen (secondary N) is 1. The molecule has 1 atom stereocenters. The maximum Gasteiger partial charge on any atom is 0.0931 e. The molecule has 1 heterocycles. The maximum atomic E-state index is 5.59. The van der Waals surface area contributed by atoms with Crippen molar-refractivity contribution in [2.24, 2.45) is 11.7 Å². The van der Waals surface area contributed by atoms with Gasteiger partial charge in [-0.15, -0.1) is 0 Å². The fourth-order valence-electron chi connectivity index (χ4n) is 1.60. The van der Waals surface area contributed by atoms with Gasteiger partial charge in [0.15, 0.2) is 0 Å². The molecule has 1 unspecified atom stereocenters. The lowest BCUT2D eigenvalue weighted by atomic mass is 10.0. The third-order valence-electron chi connectivity index (χ3n) is 2.47. The van der Waals surface area contributed by atoms with Gasteiger partial charge in [0.2, 0.25) is 0 Å². The summed E-state index contributed by atoms with van der Waals surface area (Å²) in [5, 5.41) is 0. The highest BCUT2D eigenvalue weighted by Crippen LogP contribution is 2.14. The molecule has 1 aromatic heterocycles. The van der Waals surface area contributed by atoms with Crippen molar-refractivity contribution in [3.8, 4) is 0 Å². The fourth-order valence-corrected chi connectivity index (χ4v) is 1.60. The molecule has 3 heteroatoms. The summed E-state index contributed by atoms with van der Waals surface area (Å²) in [5.74, 6) is 0.537. The summed E-state index contributed by atoms with van der Waals surface area (Å²) < 4.78 is 0. The van der Waals surface area contributed by atoms with Crippen LogP contribution in [0.1, 0.15) is 12.5 Å². The van der Waals surface area contributed by atoms with Gasteiger partial charge >= 0.3 is 0 Å². The minimum atomic E-state index is 0.537. The van der Waals surface area contributed by atoms with Crippen molar-refractivity contribution < 1.29 is 0 Å². The summed E-state index contributed by atoms with van der Waals surface area (Å²) in [6.45, 7) is 2.90. The second-order valence-corrected chi connectivity index (χ2v) is 3.80. The zero-order valence-corrected chi connectivity index (χ0v) is 8.33. The monoisotopic (exact) mass is 189 g/mol. The zero-order chi connectivity index (χ0) is 9.97. The second kappa shape index (κ2) is 3.80. The Bertz CT molecular complexity index is 419. The topological polar surface area (TPSA) is 54.7 Å². The molecule has 2 rings (SSSR count). The van der Waals surface area contributed by atoms with E-state index in [0.29, 0.717) is 5.92 Å². The molecule has 2 aromatic rings. The predicted molar refractivity (Wildman–Crippen MR) is 58.0 cm³/mol. The molecular weight excluding hydrogens is 174 g/mol. The first-order valence-corrected chi connectivity index (χ1v) is 4.91. The first-order valence-electron chi connectivity index (χ1n) is 4.91. The standard InChI is InChI=1S/C11H15N3/c1-8(6-12)4-9-2-3-10-11(5-9)14-7-13-10/h2-3,5,7-8H,4,6,12H2,1H3,(H,13,14). The van der Waals surface area contributed by atoms with Crippen molar-refractivity contribution in [2.75, 3.05) is 6.54 Å². The summed E-state index contributed by atoms with van der Waals surface area (Å²) in [5.41, 5.74) is 9.04. The van der Waals surface area contributed by atoms with Gasteiger partial charge in [0.05, 0.1) is 17.4 Å². The molecule has 14 heavy (non-hydrogen) atoms. The molecule has 1 aromatic carbocycles. The van der Waals surface area contributed by atoms with Gasteiger partial charge in [0.1, 0.15) is 0 Å². The summed E-state index contributed by atoms with van der Waals surface area (Å²) in [7, 11) is 0. The van der Waals surface area contributed by atoms with Crippen molar-refractivity contribution in [3.05, 3.63) is 30.1 Å². The first kappa shape index (κ1) is 9.21. The number of nitrogens with two attached hydrogens (primary N) is 1. The summed E-state index contributed by atoms with van der Waals surface area (Å²) in [6, 6.07) is 6.31. The Balaban J connectivity index is 2.25. The number of fused-ring (bicyclic) bond motifs is 1. The van der Waals surface area contributed by atoms with Gasteiger partial charge in [-0.05, 0) is 36.6 Å². The molecule has 0 radical (unpaired) electrons. The average Bonchev–Trinajstić information content (AvgIpc) is 2.64. The lowest BCUT2D eigenvalue weighted by Gasteiger charge is -2.07. The predicted octanol–water partition coefficient (Wildman–Crippen LogP) is 1.70. The van der Waals surface area contributed by atoms with Crippen LogP contribution >= 0.6 is 0 Å². The Morgan fingerprint density at radius 2 is 2.36 bits per heavy atom. The summed E-state index contributed by atoms with van der Waals surface area (Å²) in [6.07, 6.45) is 2.76. The van der Waals surface area contributed by atoms with E-state index in [4.69, 9.17) is 5.73 Å². The molecule has 74 valence electrons. The van der Waals surface area contributed by atoms with Gasteiger partial charge in [-0.3, -0.25) is 0 Å². The van der Waals surface area contributed by atoms with E-state index in [-0.39, 0.29) is 0 Å². The van der Waals surface area contributed by atoms with E-state index in [1.165, 1.54) is 5.56 Å². The number of nitrogens with zero attached hydrogens (tertiary/aromatic N) is 1. The normalized spacial score (nSPS) is 13.3. The van der Waals surface area contributed by atoms with Crippen LogP contribution in [-0.4, -0.2) is 16.5 Å². The Morgan fingerprint density at radius 1 is 1.50 bits per heavy atom. The number of imidazole rings is 1. The highest BCUT2D eigenvalue weighted by atomic mass is 14.9. The van der Waals surface area contributed by atoms with Gasteiger partial charge in [-0.25, -0.2) is 4.98 Å². The Labute approximate surface area is 83.3 Å². The largest absolute Gasteiger partial charge is 0.345 e. The Morgan fingerprint density at radius 3 is 3.14 bits per heavy atom. The van der Waals surface area contributed by atoms with Gasteiger partial charge in [-0.1, -0.05) is 13.0 Å². The van der Waals surface area contributed by atoms with Crippen LogP contribution in [0.5, 0.6) is 0 Å². The van der Waals surface area contributed by atoms with E-state index in [2.05, 4.69) is 29.0 Å². The number of hydrogen-bond acceptors (Lipinski definition) is 2. The molecule has 0 saturated heterocycles. The SMILES string of the molecule is CC(CN)Cc1ccc2nc[nH]c2c1. The van der Waals surface area contributed by atoms with Crippen LogP contribution in [0.3, 0.4) is 0 Å². The maximum absolute atomic E-state index is 5.59. The lowest BCUT2D eigenvalue weighted by molar-refractivity contribution is 0.593. The van der Waals surface area contributed by atoms with Crippen LogP contribution in [0.4, 0.5) is 0 Å². The van der Waals surface area contributed by atoms with Gasteiger partial charge in [-0.2, -0.15) is 0 Å². The molecule has 0 amide bonds. The van der Waals surface area contributed by atoms with E-state index >= 15 is 0 Å². The highest BCUT2D eigenvalue weighted by molar-refractivity contribution is 5.75. The van der Waals surface area contributed by atoms with E-state index in [1.807, 2.05) is 6.07 Å². The van der Waals surface area contributed by atoms with E-state index in [0.717, 1.165) is 24.0 Å². The number of aromatic nitrogens is 2. The first-order chi connectivity index (χ1) is 6.79. The number of H-pyrrole nitrogens is 1. The number of benzene rings is 1. The minimum Gasteiger partial charge on any atom is -0.345 e. The van der Waals surface area contributed by atoms with Crippen molar-refractivity contribution in [2.45, 2.75) is 13.3 Å². The molecule has 0 aliphatic heterocycles. The lowest BCUT2D eigenvalue weighted by Crippen LogP contribution is -2.12. The quantitative estimate of drug-likeness (QED) is 0.772. The zero-order valence-electron chi connectivity index (χ0n) is 8.33. The number of aromatic amines is 1. The van der Waals surface area contributed by atoms with Crippen LogP contribution < -0.4 is 5.73 Å². The molecule has 0 aliphatic carbocycles. The molecule has 0 saturated carbocycles. The second-order valence-electron chi connectivity index (χ2n) is 3.80. The minimum absolute atomic E-state index is 0.537. The van der Waals surface area contributed by atoms with Gasteiger partial charge in [0.25, 0.3) is 0 Å². The van der Waals surface area contributed by atoms with Crippen LogP contribution in [0.2, 0.25) is 0 Å². The third-order valence-corrected chi connectivity index (χ3v) is 2.47. The van der Waals surface area contributed by atoms with Crippen LogP contribution in [0.15, 0.2) is 24.5 Å². The molecule has 0 spiro atoms. The van der Waals surface area contributed by atoms with Crippen molar-refractivity contribution in [1.29, 1.82) is 0 Å². The van der Waals surface area contributed by atoms with Crippen LogP contribution in [-0.2, 0) is 6.42 Å². The summed E-state index contributed by atoms with van der Waals surface area (Å²) >= 11 is 0. The van der Waals surface area contributed by atoms with Crippen molar-refractivity contribution in [1.82, 2.24) is 9.97 Å². The van der Waals surface area contributed by atoms with E-state index in [1.54, 1.807) is 6.33 Å². The Hall–Kier alpha value is -1.35. The number of hydrogen-bond donors (Lipinski definition) is 2. The molecule has 0 aliphatic rings. The molecular formula is C11H15N3. The molecule has 3 nitrogen and oxygen atoms in total. The smallest absolute Gasteiger partial charge is 0.0931 e. The highest BCUT2D eigenvalue weighted by Gasteiger charge is 2.02. The third kappa shape index (κ3) is 1.77. The summed E-state index contributed by atoms with van der Waals surface area (Å²) in [4.78, 5) is 7.29. The molecule has 0 fully saturated rings. The van der Waals surface area contributed by atoms with Crippen molar-refractivity contribution in [3.63, 3.8) is 0 Å². The van der Waals surface area contributed by atoms with E-state index in [9.17, 15) is 0 Å². The van der Waals surface area contributed by atoms with Crippen molar-refractivity contribution >= 4 is 11.0 Å². The van der Waals surface area contributed by atoms with Gasteiger partial charge in [0, 0.05) is 0 Å². The van der Waals surface area contributed by atoms with Crippen LogP contribution in [0.25, 0.3) is 11.0 Å². The van der Waals surface area contributed by atoms with E-state index < -0.39 is 0 Å². The van der Waals surface area contributed by atoms with Gasteiger partial charge < -0.3 is 10.7 Å². The molecule has 0 bridgehead atoms. The Kier molecular flexibility index (Phi) is 2.50. The fraction of sp³-hybridized carbons (Fsp3) is 0.364. The molecule has 3 N–H and O–H groups in total. The number of rotatable bonds is 3.